The highest BCUT2D eigenvalue weighted by Gasteiger charge is 2.35. The van der Waals surface area contributed by atoms with E-state index in [9.17, 15) is 8.78 Å². The first-order valence-corrected chi connectivity index (χ1v) is 10.9. The summed E-state index contributed by atoms with van der Waals surface area (Å²) in [5, 5.41) is 9.10. The predicted octanol–water partition coefficient (Wildman–Crippen LogP) is 4.94. The first-order chi connectivity index (χ1) is 16.0. The Morgan fingerprint density at radius 2 is 1.85 bits per heavy atom. The third kappa shape index (κ3) is 4.48. The molecule has 0 spiro atoms. The SMILES string of the molecule is COc1ccc(Cn2nc(-c3ccncn3)c3c(NC4CCC(F)(F)CC4)nccc32)cc1. The molecule has 1 aliphatic carbocycles. The van der Waals surface area contributed by atoms with Crippen LogP contribution in [-0.4, -0.2) is 43.8 Å². The summed E-state index contributed by atoms with van der Waals surface area (Å²) in [4.78, 5) is 13.0. The highest BCUT2D eigenvalue weighted by molar-refractivity contribution is 6.00. The number of ether oxygens (including phenoxy) is 1. The van der Waals surface area contributed by atoms with E-state index in [0.717, 1.165) is 22.2 Å². The van der Waals surface area contributed by atoms with Gasteiger partial charge in [0, 0.05) is 31.3 Å². The van der Waals surface area contributed by atoms with Crippen molar-refractivity contribution in [3.8, 4) is 17.1 Å². The average molecular weight is 450 g/mol. The van der Waals surface area contributed by atoms with Gasteiger partial charge in [0.05, 0.1) is 30.3 Å². The van der Waals surface area contributed by atoms with Crippen molar-refractivity contribution in [1.82, 2.24) is 24.7 Å². The van der Waals surface area contributed by atoms with Crippen molar-refractivity contribution in [2.45, 2.75) is 44.2 Å². The number of nitrogens with one attached hydrogen (secondary N) is 1. The molecule has 1 fully saturated rings. The van der Waals surface area contributed by atoms with Crippen LogP contribution in [0.4, 0.5) is 14.6 Å². The van der Waals surface area contributed by atoms with Crippen LogP contribution < -0.4 is 10.1 Å². The maximum absolute atomic E-state index is 13.6. The zero-order valence-corrected chi connectivity index (χ0v) is 18.2. The quantitative estimate of drug-likeness (QED) is 0.449. The molecule has 0 radical (unpaired) electrons. The highest BCUT2D eigenvalue weighted by Crippen LogP contribution is 2.36. The van der Waals surface area contributed by atoms with Gasteiger partial charge in [-0.3, -0.25) is 4.68 Å². The molecule has 3 heterocycles. The number of alkyl halides is 2. The molecule has 7 nitrogen and oxygen atoms in total. The summed E-state index contributed by atoms with van der Waals surface area (Å²) in [7, 11) is 1.64. The molecular weight excluding hydrogens is 426 g/mol. The van der Waals surface area contributed by atoms with Crippen LogP contribution in [0.5, 0.6) is 5.75 Å². The number of hydrogen-bond donors (Lipinski definition) is 1. The van der Waals surface area contributed by atoms with Crippen molar-refractivity contribution in [3.63, 3.8) is 0 Å². The minimum atomic E-state index is -2.58. The fourth-order valence-corrected chi connectivity index (χ4v) is 4.25. The normalized spacial score (nSPS) is 16.1. The van der Waals surface area contributed by atoms with Gasteiger partial charge in [0.25, 0.3) is 0 Å². The highest BCUT2D eigenvalue weighted by atomic mass is 19.3. The molecule has 4 aromatic rings. The molecule has 1 aliphatic rings. The van der Waals surface area contributed by atoms with Gasteiger partial charge in [0.15, 0.2) is 0 Å². The number of halogens is 2. The third-order valence-electron chi connectivity index (χ3n) is 6.04. The van der Waals surface area contributed by atoms with Gasteiger partial charge in [-0.05, 0) is 42.7 Å². The van der Waals surface area contributed by atoms with Crippen molar-refractivity contribution in [1.29, 1.82) is 0 Å². The fraction of sp³-hybridized carbons (Fsp3) is 0.333. The predicted molar refractivity (Wildman–Crippen MR) is 121 cm³/mol. The Morgan fingerprint density at radius 3 is 2.55 bits per heavy atom. The largest absolute Gasteiger partial charge is 0.497 e. The van der Waals surface area contributed by atoms with Gasteiger partial charge in [-0.2, -0.15) is 5.10 Å². The summed E-state index contributed by atoms with van der Waals surface area (Å²) in [6, 6.07) is 11.5. The summed E-state index contributed by atoms with van der Waals surface area (Å²) in [6.07, 6.45) is 5.44. The van der Waals surface area contributed by atoms with E-state index in [-0.39, 0.29) is 18.9 Å². The molecule has 5 rings (SSSR count). The van der Waals surface area contributed by atoms with E-state index in [2.05, 4.69) is 20.3 Å². The van der Waals surface area contributed by atoms with Gasteiger partial charge in [0.2, 0.25) is 5.92 Å². The Bertz CT molecular complexity index is 1230. The van der Waals surface area contributed by atoms with Gasteiger partial charge in [-0.1, -0.05) is 12.1 Å². The van der Waals surface area contributed by atoms with Crippen LogP contribution >= 0.6 is 0 Å². The van der Waals surface area contributed by atoms with E-state index in [1.165, 1.54) is 6.33 Å². The Morgan fingerprint density at radius 1 is 1.06 bits per heavy atom. The lowest BCUT2D eigenvalue weighted by Crippen LogP contribution is -2.32. The molecular formula is C24H24F2N6O. The van der Waals surface area contributed by atoms with Crippen LogP contribution in [0.15, 0.2) is 55.1 Å². The molecule has 1 saturated carbocycles. The van der Waals surface area contributed by atoms with Crippen LogP contribution in [0.3, 0.4) is 0 Å². The molecule has 0 bridgehead atoms. The second-order valence-corrected chi connectivity index (χ2v) is 8.28. The molecule has 0 amide bonds. The molecule has 0 atom stereocenters. The number of pyridine rings is 1. The van der Waals surface area contributed by atoms with Crippen molar-refractivity contribution in [3.05, 3.63) is 60.7 Å². The average Bonchev–Trinajstić information content (AvgIpc) is 3.21. The molecule has 1 N–H and O–H groups in total. The van der Waals surface area contributed by atoms with Crippen LogP contribution in [0, 0.1) is 0 Å². The number of nitrogens with zero attached hydrogens (tertiary/aromatic N) is 5. The number of benzene rings is 1. The Kier molecular flexibility index (Phi) is 5.62. The number of methoxy groups -OCH3 is 1. The van der Waals surface area contributed by atoms with Crippen molar-refractivity contribution < 1.29 is 13.5 Å². The lowest BCUT2D eigenvalue weighted by molar-refractivity contribution is -0.0361. The van der Waals surface area contributed by atoms with Gasteiger partial charge < -0.3 is 10.1 Å². The monoisotopic (exact) mass is 450 g/mol. The summed E-state index contributed by atoms with van der Waals surface area (Å²) >= 11 is 0. The van der Waals surface area contributed by atoms with Gasteiger partial charge in [-0.15, -0.1) is 0 Å². The number of rotatable bonds is 6. The lowest BCUT2D eigenvalue weighted by atomic mass is 9.92. The molecule has 0 unspecified atom stereocenters. The summed E-state index contributed by atoms with van der Waals surface area (Å²) in [6.45, 7) is 0.546. The van der Waals surface area contributed by atoms with E-state index >= 15 is 0 Å². The minimum absolute atomic E-state index is 0.0640. The van der Waals surface area contributed by atoms with Gasteiger partial charge in [0.1, 0.15) is 23.6 Å². The van der Waals surface area contributed by atoms with E-state index in [1.54, 1.807) is 25.6 Å². The number of aromatic nitrogens is 5. The van der Waals surface area contributed by atoms with E-state index in [4.69, 9.17) is 9.84 Å². The van der Waals surface area contributed by atoms with Gasteiger partial charge >= 0.3 is 0 Å². The summed E-state index contributed by atoms with van der Waals surface area (Å²) in [5.74, 6) is -1.15. The van der Waals surface area contributed by atoms with E-state index < -0.39 is 5.92 Å². The Balaban J connectivity index is 1.54. The molecule has 0 aliphatic heterocycles. The van der Waals surface area contributed by atoms with Crippen LogP contribution in [0.2, 0.25) is 0 Å². The maximum Gasteiger partial charge on any atom is 0.248 e. The topological polar surface area (TPSA) is 77.8 Å². The first kappa shape index (κ1) is 21.2. The van der Waals surface area contributed by atoms with Crippen LogP contribution in [0.25, 0.3) is 22.3 Å². The minimum Gasteiger partial charge on any atom is -0.497 e. The molecule has 9 heteroatoms. The third-order valence-corrected chi connectivity index (χ3v) is 6.04. The molecule has 33 heavy (non-hydrogen) atoms. The van der Waals surface area contributed by atoms with Crippen molar-refractivity contribution in [2.75, 3.05) is 12.4 Å². The van der Waals surface area contributed by atoms with E-state index in [1.807, 2.05) is 35.0 Å². The zero-order valence-electron chi connectivity index (χ0n) is 18.2. The smallest absolute Gasteiger partial charge is 0.248 e. The fourth-order valence-electron chi connectivity index (χ4n) is 4.25. The molecule has 3 aromatic heterocycles. The van der Waals surface area contributed by atoms with E-state index in [0.29, 0.717) is 36.6 Å². The molecule has 1 aromatic carbocycles. The Hall–Kier alpha value is -3.62. The molecule has 170 valence electrons. The Labute approximate surface area is 189 Å². The van der Waals surface area contributed by atoms with Crippen LogP contribution in [0.1, 0.15) is 31.2 Å². The first-order valence-electron chi connectivity index (χ1n) is 10.9. The second kappa shape index (κ2) is 8.73. The summed E-state index contributed by atoms with van der Waals surface area (Å²) < 4.78 is 34.4. The van der Waals surface area contributed by atoms with Crippen molar-refractivity contribution >= 4 is 16.7 Å². The zero-order chi connectivity index (χ0) is 22.8. The number of anilines is 1. The number of fused-ring (bicyclic) bond motifs is 1. The lowest BCUT2D eigenvalue weighted by Gasteiger charge is -2.29. The van der Waals surface area contributed by atoms with Crippen LogP contribution in [-0.2, 0) is 6.54 Å². The number of hydrogen-bond acceptors (Lipinski definition) is 6. The molecule has 0 saturated heterocycles. The maximum atomic E-state index is 13.6. The standard InChI is InChI=1S/C24H24F2N6O/c1-33-18-4-2-16(3-5-18)14-32-20-9-13-28-23(30-17-6-10-24(25,26)11-7-17)21(20)22(31-32)19-8-12-27-15-29-19/h2-5,8-9,12-13,15,17H,6-7,10-11,14H2,1H3,(H,28,30). The second-order valence-electron chi connectivity index (χ2n) is 8.28. The summed E-state index contributed by atoms with van der Waals surface area (Å²) in [5.41, 5.74) is 3.31. The van der Waals surface area contributed by atoms with Gasteiger partial charge in [-0.25, -0.2) is 23.7 Å². The van der Waals surface area contributed by atoms with Crippen molar-refractivity contribution in [2.24, 2.45) is 0 Å².